The highest BCUT2D eigenvalue weighted by Crippen LogP contribution is 2.27. The second-order valence-corrected chi connectivity index (χ2v) is 7.70. The van der Waals surface area contributed by atoms with E-state index in [-0.39, 0.29) is 18.0 Å². The third-order valence-corrected chi connectivity index (χ3v) is 5.61. The molecular weight excluding hydrogens is 362 g/mol. The Balaban J connectivity index is 1.38. The third-order valence-electron chi connectivity index (χ3n) is 5.41. The van der Waals surface area contributed by atoms with Gasteiger partial charge in [0.05, 0.1) is 23.2 Å². The number of amides is 1. The van der Waals surface area contributed by atoms with E-state index in [1.165, 1.54) is 0 Å². The number of likely N-dealkylation sites (tertiary alicyclic amines) is 2. The molecule has 3 heterocycles. The number of hydrogen-bond acceptors (Lipinski definition) is 5. The second kappa shape index (κ2) is 7.71. The van der Waals surface area contributed by atoms with Crippen LogP contribution in [-0.4, -0.2) is 59.0 Å². The minimum absolute atomic E-state index is 0.0702. The molecule has 6 nitrogen and oxygen atoms in total. The van der Waals surface area contributed by atoms with E-state index in [0.29, 0.717) is 18.1 Å². The van der Waals surface area contributed by atoms with Crippen LogP contribution in [0.15, 0.2) is 30.5 Å². The molecule has 0 bridgehead atoms. The van der Waals surface area contributed by atoms with Gasteiger partial charge in [0.25, 0.3) is 0 Å². The van der Waals surface area contributed by atoms with E-state index in [0.717, 1.165) is 48.9 Å². The van der Waals surface area contributed by atoms with E-state index in [4.69, 9.17) is 11.6 Å². The molecule has 0 spiro atoms. The van der Waals surface area contributed by atoms with Crippen LogP contribution < -0.4 is 5.32 Å². The smallest absolute Gasteiger partial charge is 0.237 e. The lowest BCUT2D eigenvalue weighted by atomic mass is 10.1. The number of nitrogens with one attached hydrogen (secondary N) is 1. The first-order chi connectivity index (χ1) is 13.1. The van der Waals surface area contributed by atoms with Crippen LogP contribution in [0.5, 0.6) is 0 Å². The summed E-state index contributed by atoms with van der Waals surface area (Å²) in [6, 6.07) is 10.2. The Hall–Kier alpha value is -2.36. The lowest BCUT2D eigenvalue weighted by Gasteiger charge is -2.23. The molecule has 2 aromatic rings. The fraction of sp³-hybridized carbons (Fsp3) is 0.450. The van der Waals surface area contributed by atoms with Crippen molar-refractivity contribution in [2.45, 2.75) is 31.3 Å². The van der Waals surface area contributed by atoms with Crippen molar-refractivity contribution in [3.63, 3.8) is 0 Å². The summed E-state index contributed by atoms with van der Waals surface area (Å²) < 4.78 is 0. The number of benzene rings is 1. The Morgan fingerprint density at radius 3 is 3.11 bits per heavy atom. The number of hydrogen-bond donors (Lipinski definition) is 1. The normalized spacial score (nSPS) is 22.9. The van der Waals surface area contributed by atoms with Gasteiger partial charge in [-0.25, -0.2) is 0 Å². The van der Waals surface area contributed by atoms with Crippen LogP contribution in [0.1, 0.15) is 19.3 Å². The van der Waals surface area contributed by atoms with E-state index in [2.05, 4.69) is 21.3 Å². The molecular formula is C20H22ClN5O. The minimum atomic E-state index is -0.248. The van der Waals surface area contributed by atoms with Gasteiger partial charge >= 0.3 is 0 Å². The number of rotatable bonds is 4. The van der Waals surface area contributed by atoms with E-state index >= 15 is 0 Å². The summed E-state index contributed by atoms with van der Waals surface area (Å²) in [5.74, 6) is 0.0702. The molecule has 7 heteroatoms. The Bertz CT molecular complexity index is 896. The van der Waals surface area contributed by atoms with Crippen LogP contribution in [-0.2, 0) is 4.79 Å². The number of fused-ring (bicyclic) bond motifs is 1. The number of pyridine rings is 1. The molecule has 0 saturated carbocycles. The molecule has 4 rings (SSSR count). The van der Waals surface area contributed by atoms with Crippen molar-refractivity contribution < 1.29 is 4.79 Å². The predicted octanol–water partition coefficient (Wildman–Crippen LogP) is 2.89. The fourth-order valence-electron chi connectivity index (χ4n) is 4.05. The Kier molecular flexibility index (Phi) is 5.15. The number of carbonyl (C=O) groups is 1. The van der Waals surface area contributed by atoms with Crippen molar-refractivity contribution in [1.82, 2.24) is 14.8 Å². The van der Waals surface area contributed by atoms with E-state index in [9.17, 15) is 10.1 Å². The summed E-state index contributed by atoms with van der Waals surface area (Å²) in [6.45, 7) is 2.77. The summed E-state index contributed by atoms with van der Waals surface area (Å²) in [5, 5.41) is 14.4. The minimum Gasteiger partial charge on any atom is -0.380 e. The van der Waals surface area contributed by atoms with Crippen molar-refractivity contribution in [3.8, 4) is 6.07 Å². The molecule has 2 saturated heterocycles. The molecule has 2 aliphatic heterocycles. The van der Waals surface area contributed by atoms with Gasteiger partial charge in [-0.2, -0.15) is 5.26 Å². The average Bonchev–Trinajstić information content (AvgIpc) is 3.31. The molecule has 0 unspecified atom stereocenters. The zero-order valence-electron chi connectivity index (χ0n) is 15.1. The SMILES string of the molecule is N#C[C@@H]1CCCN1C(=O)CN1CC[C@H](Nc2cccc3ncc(Cl)cc23)C1. The van der Waals surface area contributed by atoms with Crippen molar-refractivity contribution >= 4 is 34.1 Å². The molecule has 140 valence electrons. The van der Waals surface area contributed by atoms with Crippen molar-refractivity contribution in [3.05, 3.63) is 35.5 Å². The van der Waals surface area contributed by atoms with Gasteiger partial charge in [-0.15, -0.1) is 0 Å². The Labute approximate surface area is 163 Å². The van der Waals surface area contributed by atoms with Gasteiger partial charge in [-0.1, -0.05) is 17.7 Å². The molecule has 1 aromatic carbocycles. The van der Waals surface area contributed by atoms with Gasteiger partial charge in [0.2, 0.25) is 5.91 Å². The highest BCUT2D eigenvalue weighted by molar-refractivity contribution is 6.31. The summed E-state index contributed by atoms with van der Waals surface area (Å²) in [6.07, 6.45) is 4.35. The average molecular weight is 384 g/mol. The van der Waals surface area contributed by atoms with Crippen molar-refractivity contribution in [1.29, 1.82) is 5.26 Å². The lowest BCUT2D eigenvalue weighted by Crippen LogP contribution is -2.42. The number of nitrogens with zero attached hydrogens (tertiary/aromatic N) is 4. The number of nitriles is 1. The lowest BCUT2D eigenvalue weighted by molar-refractivity contribution is -0.132. The highest BCUT2D eigenvalue weighted by atomic mass is 35.5. The van der Waals surface area contributed by atoms with E-state index in [1.54, 1.807) is 11.1 Å². The topological polar surface area (TPSA) is 72.3 Å². The van der Waals surface area contributed by atoms with Gasteiger partial charge < -0.3 is 10.2 Å². The maximum atomic E-state index is 12.5. The predicted molar refractivity (Wildman–Crippen MR) is 106 cm³/mol. The van der Waals surface area contributed by atoms with Gasteiger partial charge in [0, 0.05) is 42.9 Å². The molecule has 2 atom stereocenters. The summed E-state index contributed by atoms with van der Waals surface area (Å²) in [5.41, 5.74) is 1.93. The molecule has 1 N–H and O–H groups in total. The largest absolute Gasteiger partial charge is 0.380 e. The van der Waals surface area contributed by atoms with E-state index in [1.807, 2.05) is 24.3 Å². The van der Waals surface area contributed by atoms with Gasteiger partial charge in [0.1, 0.15) is 6.04 Å². The van der Waals surface area contributed by atoms with Gasteiger partial charge in [-0.05, 0) is 37.5 Å². The first-order valence-corrected chi connectivity index (χ1v) is 9.74. The zero-order valence-corrected chi connectivity index (χ0v) is 15.8. The van der Waals surface area contributed by atoms with Gasteiger partial charge in [0.15, 0.2) is 0 Å². The standard InChI is InChI=1S/C20H22ClN5O/c21-14-9-17-18(23-11-14)4-1-5-19(17)24-15-6-8-25(12-15)13-20(27)26-7-2-3-16(26)10-22/h1,4-5,9,11,15-16,24H,2-3,6-8,12-13H2/t15-,16-/m0/s1. The summed E-state index contributed by atoms with van der Waals surface area (Å²) in [4.78, 5) is 20.8. The zero-order chi connectivity index (χ0) is 18.8. The molecule has 27 heavy (non-hydrogen) atoms. The van der Waals surface area contributed by atoms with E-state index < -0.39 is 0 Å². The summed E-state index contributed by atoms with van der Waals surface area (Å²) >= 11 is 6.11. The maximum Gasteiger partial charge on any atom is 0.237 e. The van der Waals surface area contributed by atoms with Crippen LogP contribution in [0.4, 0.5) is 5.69 Å². The molecule has 2 aliphatic rings. The van der Waals surface area contributed by atoms with Crippen LogP contribution in [0.25, 0.3) is 10.9 Å². The fourth-order valence-corrected chi connectivity index (χ4v) is 4.20. The maximum absolute atomic E-state index is 12.5. The number of anilines is 1. The van der Waals surface area contributed by atoms with Crippen LogP contribution in [0, 0.1) is 11.3 Å². The quantitative estimate of drug-likeness (QED) is 0.878. The van der Waals surface area contributed by atoms with Crippen LogP contribution in [0.3, 0.4) is 0 Å². The van der Waals surface area contributed by atoms with Crippen molar-refractivity contribution in [2.75, 3.05) is 31.5 Å². The Morgan fingerprint density at radius 2 is 2.26 bits per heavy atom. The summed E-state index contributed by atoms with van der Waals surface area (Å²) in [7, 11) is 0. The van der Waals surface area contributed by atoms with Gasteiger partial charge in [-0.3, -0.25) is 14.7 Å². The second-order valence-electron chi connectivity index (χ2n) is 7.27. The highest BCUT2D eigenvalue weighted by Gasteiger charge is 2.31. The number of carbonyl (C=O) groups excluding carboxylic acids is 1. The third kappa shape index (κ3) is 3.85. The first-order valence-electron chi connectivity index (χ1n) is 9.36. The number of halogens is 1. The number of aromatic nitrogens is 1. The molecule has 2 fully saturated rings. The van der Waals surface area contributed by atoms with Crippen LogP contribution in [0.2, 0.25) is 5.02 Å². The first kappa shape index (κ1) is 18.0. The van der Waals surface area contributed by atoms with Crippen LogP contribution >= 0.6 is 11.6 Å². The Morgan fingerprint density at radius 1 is 1.37 bits per heavy atom. The molecule has 0 aliphatic carbocycles. The molecule has 1 amide bonds. The van der Waals surface area contributed by atoms with Crippen molar-refractivity contribution in [2.24, 2.45) is 0 Å². The molecule has 1 aromatic heterocycles. The molecule has 0 radical (unpaired) electrons. The monoisotopic (exact) mass is 383 g/mol.